The summed E-state index contributed by atoms with van der Waals surface area (Å²) < 4.78 is 18.2. The zero-order chi connectivity index (χ0) is 20.3. The standard InChI is InChI=1S/C19H13ClFNO5S/c20-15-8-13(21)4-3-12(15)9-22-18(25)16(28-19(22)26)7-11-1-5-14(6-2-11)27-10-17(23)24/h1-8H,9-10H2,(H,23,24)/b16-7+. The third-order valence-electron chi connectivity index (χ3n) is 3.76. The van der Waals surface area contributed by atoms with Crippen LogP contribution >= 0.6 is 23.4 Å². The smallest absolute Gasteiger partial charge is 0.341 e. The van der Waals surface area contributed by atoms with E-state index in [2.05, 4.69) is 0 Å². The highest BCUT2D eigenvalue weighted by Crippen LogP contribution is 2.34. The molecule has 0 saturated carbocycles. The molecule has 0 bridgehead atoms. The Labute approximate surface area is 168 Å². The van der Waals surface area contributed by atoms with E-state index in [1.807, 2.05) is 0 Å². The minimum absolute atomic E-state index is 0.0525. The number of rotatable bonds is 6. The van der Waals surface area contributed by atoms with Gasteiger partial charge in [0.1, 0.15) is 11.6 Å². The van der Waals surface area contributed by atoms with Crippen molar-refractivity contribution in [3.05, 3.63) is 69.3 Å². The van der Waals surface area contributed by atoms with Crippen molar-refractivity contribution in [3.63, 3.8) is 0 Å². The van der Waals surface area contributed by atoms with Crippen molar-refractivity contribution in [2.24, 2.45) is 0 Å². The molecule has 1 N–H and O–H groups in total. The van der Waals surface area contributed by atoms with Crippen LogP contribution in [0.3, 0.4) is 0 Å². The van der Waals surface area contributed by atoms with Crippen LogP contribution in [0.4, 0.5) is 9.18 Å². The van der Waals surface area contributed by atoms with Gasteiger partial charge in [0.2, 0.25) is 0 Å². The minimum atomic E-state index is -1.08. The number of carbonyl (C=O) groups is 3. The van der Waals surface area contributed by atoms with Crippen molar-refractivity contribution in [2.75, 3.05) is 6.61 Å². The van der Waals surface area contributed by atoms with E-state index in [9.17, 15) is 18.8 Å². The molecule has 2 aromatic carbocycles. The maximum Gasteiger partial charge on any atom is 0.341 e. The highest BCUT2D eigenvalue weighted by Gasteiger charge is 2.35. The van der Waals surface area contributed by atoms with Crippen LogP contribution in [0.25, 0.3) is 6.08 Å². The number of halogens is 2. The summed E-state index contributed by atoms with van der Waals surface area (Å²) in [5.41, 5.74) is 1.11. The Hall–Kier alpha value is -2.84. The second kappa shape index (κ2) is 8.45. The van der Waals surface area contributed by atoms with Gasteiger partial charge < -0.3 is 9.84 Å². The summed E-state index contributed by atoms with van der Waals surface area (Å²) >= 11 is 6.77. The van der Waals surface area contributed by atoms with Crippen molar-refractivity contribution in [2.45, 2.75) is 6.54 Å². The fourth-order valence-electron chi connectivity index (χ4n) is 2.41. The number of thioether (sulfide) groups is 1. The molecule has 144 valence electrons. The van der Waals surface area contributed by atoms with Crippen molar-refractivity contribution in [3.8, 4) is 5.75 Å². The number of carbonyl (C=O) groups excluding carboxylic acids is 2. The van der Waals surface area contributed by atoms with Crippen molar-refractivity contribution < 1.29 is 28.6 Å². The molecular formula is C19H13ClFNO5S. The predicted molar refractivity (Wildman–Crippen MR) is 102 cm³/mol. The summed E-state index contributed by atoms with van der Waals surface area (Å²) in [5.74, 6) is -1.68. The Morgan fingerprint density at radius 1 is 1.21 bits per heavy atom. The predicted octanol–water partition coefficient (Wildman–Crippen LogP) is 4.18. The summed E-state index contributed by atoms with van der Waals surface area (Å²) in [5, 5.41) is 8.29. The SMILES string of the molecule is O=C(O)COc1ccc(/C=C2/SC(=O)N(Cc3ccc(F)cc3Cl)C2=O)cc1. The molecule has 1 heterocycles. The molecule has 0 spiro atoms. The Balaban J connectivity index is 1.72. The van der Waals surface area contributed by atoms with Crippen molar-refractivity contribution in [1.82, 2.24) is 4.90 Å². The molecule has 2 aromatic rings. The quantitative estimate of drug-likeness (QED) is 0.704. The molecule has 6 nitrogen and oxygen atoms in total. The van der Waals surface area contributed by atoms with Gasteiger partial charge in [-0.15, -0.1) is 0 Å². The van der Waals surface area contributed by atoms with Crippen LogP contribution in [0.5, 0.6) is 5.75 Å². The number of hydrogen-bond acceptors (Lipinski definition) is 5. The van der Waals surface area contributed by atoms with E-state index >= 15 is 0 Å². The Morgan fingerprint density at radius 2 is 1.93 bits per heavy atom. The second-order valence-corrected chi connectivity index (χ2v) is 7.16. The molecule has 1 aliphatic heterocycles. The number of ether oxygens (including phenoxy) is 1. The zero-order valence-corrected chi connectivity index (χ0v) is 15.8. The van der Waals surface area contributed by atoms with Gasteiger partial charge in [-0.1, -0.05) is 29.8 Å². The van der Waals surface area contributed by atoms with Crippen LogP contribution in [-0.2, 0) is 16.1 Å². The summed E-state index contributed by atoms with van der Waals surface area (Å²) in [6, 6.07) is 10.2. The van der Waals surface area contributed by atoms with Gasteiger partial charge in [-0.25, -0.2) is 9.18 Å². The van der Waals surface area contributed by atoms with E-state index < -0.39 is 29.5 Å². The fourth-order valence-corrected chi connectivity index (χ4v) is 3.48. The largest absolute Gasteiger partial charge is 0.482 e. The average Bonchev–Trinajstić information content (AvgIpc) is 2.90. The average molecular weight is 422 g/mol. The first-order valence-corrected chi connectivity index (χ1v) is 9.17. The van der Waals surface area contributed by atoms with Gasteiger partial charge in [0.15, 0.2) is 6.61 Å². The summed E-state index contributed by atoms with van der Waals surface area (Å²) in [4.78, 5) is 36.5. The molecule has 1 saturated heterocycles. The Kier molecular flexibility index (Phi) is 6.01. The molecule has 9 heteroatoms. The van der Waals surface area contributed by atoms with Crippen LogP contribution in [-0.4, -0.2) is 33.7 Å². The first kappa shape index (κ1) is 19.9. The normalized spacial score (nSPS) is 15.4. The molecule has 2 amide bonds. The van der Waals surface area contributed by atoms with Crippen LogP contribution in [0.2, 0.25) is 5.02 Å². The first-order chi connectivity index (χ1) is 13.3. The van der Waals surface area contributed by atoms with Gasteiger partial charge in [-0.2, -0.15) is 0 Å². The molecule has 0 aliphatic carbocycles. The highest BCUT2D eigenvalue weighted by atomic mass is 35.5. The molecule has 0 aromatic heterocycles. The topological polar surface area (TPSA) is 83.9 Å². The van der Waals surface area contributed by atoms with E-state index in [-0.39, 0.29) is 16.5 Å². The molecule has 0 atom stereocenters. The van der Waals surface area contributed by atoms with E-state index in [0.29, 0.717) is 16.9 Å². The second-order valence-electron chi connectivity index (χ2n) is 5.76. The molecule has 3 rings (SSSR count). The van der Waals surface area contributed by atoms with Crippen LogP contribution in [0, 0.1) is 5.82 Å². The molecule has 0 radical (unpaired) electrons. The van der Waals surface area contributed by atoms with Crippen LogP contribution < -0.4 is 4.74 Å². The van der Waals surface area contributed by atoms with Gasteiger partial charge in [-0.3, -0.25) is 14.5 Å². The van der Waals surface area contributed by atoms with Crippen LogP contribution in [0.1, 0.15) is 11.1 Å². The third-order valence-corrected chi connectivity index (χ3v) is 5.02. The first-order valence-electron chi connectivity index (χ1n) is 7.97. The maximum absolute atomic E-state index is 13.2. The summed E-state index contributed by atoms with van der Waals surface area (Å²) in [6.07, 6.45) is 1.55. The van der Waals surface area contributed by atoms with Gasteiger partial charge in [0.25, 0.3) is 11.1 Å². The lowest BCUT2D eigenvalue weighted by atomic mass is 10.2. The van der Waals surface area contributed by atoms with Crippen molar-refractivity contribution in [1.29, 1.82) is 0 Å². The number of imide groups is 1. The Bertz CT molecular complexity index is 977. The number of carboxylic acids is 1. The van der Waals surface area contributed by atoms with Gasteiger partial charge >= 0.3 is 5.97 Å². The maximum atomic E-state index is 13.2. The number of carboxylic acid groups (broad SMARTS) is 1. The van der Waals surface area contributed by atoms with Crippen molar-refractivity contribution >= 4 is 46.6 Å². The number of hydrogen-bond donors (Lipinski definition) is 1. The van der Waals surface area contributed by atoms with Crippen LogP contribution in [0.15, 0.2) is 47.4 Å². The lowest BCUT2D eigenvalue weighted by Gasteiger charge is -2.13. The van der Waals surface area contributed by atoms with E-state index in [0.717, 1.165) is 22.7 Å². The lowest BCUT2D eigenvalue weighted by Crippen LogP contribution is -2.27. The Morgan fingerprint density at radius 3 is 2.57 bits per heavy atom. The lowest BCUT2D eigenvalue weighted by molar-refractivity contribution is -0.139. The zero-order valence-electron chi connectivity index (χ0n) is 14.2. The number of benzene rings is 2. The molecule has 1 aliphatic rings. The summed E-state index contributed by atoms with van der Waals surface area (Å²) in [6.45, 7) is -0.507. The number of aliphatic carboxylic acids is 1. The van der Waals surface area contributed by atoms with Gasteiger partial charge in [0, 0.05) is 5.02 Å². The van der Waals surface area contributed by atoms with E-state index in [1.165, 1.54) is 12.1 Å². The van der Waals surface area contributed by atoms with E-state index in [1.54, 1.807) is 30.3 Å². The molecule has 0 unspecified atom stereocenters. The molecular weight excluding hydrogens is 409 g/mol. The number of nitrogens with zero attached hydrogens (tertiary/aromatic N) is 1. The summed E-state index contributed by atoms with van der Waals surface area (Å²) in [7, 11) is 0. The third kappa shape index (κ3) is 4.71. The fraction of sp³-hybridized carbons (Fsp3) is 0.105. The van der Waals surface area contributed by atoms with Gasteiger partial charge in [-0.05, 0) is 53.2 Å². The minimum Gasteiger partial charge on any atom is -0.482 e. The number of amides is 2. The van der Waals surface area contributed by atoms with Gasteiger partial charge in [0.05, 0.1) is 11.4 Å². The highest BCUT2D eigenvalue weighted by molar-refractivity contribution is 8.18. The van der Waals surface area contributed by atoms with E-state index in [4.69, 9.17) is 21.4 Å². The molecule has 1 fully saturated rings. The molecule has 28 heavy (non-hydrogen) atoms. The monoisotopic (exact) mass is 421 g/mol.